The van der Waals surface area contributed by atoms with Crippen LogP contribution >= 0.6 is 0 Å². The van der Waals surface area contributed by atoms with Gasteiger partial charge in [-0.3, -0.25) is 0 Å². The average Bonchev–Trinajstić information content (AvgIpc) is 2.96. The molecule has 1 heterocycles. The Morgan fingerprint density at radius 3 is 1.92 bits per heavy atom. The third-order valence-corrected chi connectivity index (χ3v) is 5.35. The van der Waals surface area contributed by atoms with Gasteiger partial charge < -0.3 is 4.57 Å². The van der Waals surface area contributed by atoms with Crippen LogP contribution in [0.4, 0.5) is 0 Å². The van der Waals surface area contributed by atoms with Crippen molar-refractivity contribution in [2.45, 2.75) is 32.6 Å². The van der Waals surface area contributed by atoms with Crippen LogP contribution in [-0.4, -0.2) is 4.57 Å². The van der Waals surface area contributed by atoms with Gasteiger partial charge in [0.1, 0.15) is 0 Å². The zero-order valence-corrected chi connectivity index (χ0v) is 14.6. The summed E-state index contributed by atoms with van der Waals surface area (Å²) < 4.78 is 2.39. The first-order chi connectivity index (χ1) is 11.6. The Kier molecular flexibility index (Phi) is 3.45. The smallest absolute Gasteiger partial charge is 0.0541 e. The number of aromatic nitrogens is 1. The maximum Gasteiger partial charge on any atom is 0.0541 e. The van der Waals surface area contributed by atoms with Crippen LogP contribution in [0.3, 0.4) is 0 Å². The van der Waals surface area contributed by atoms with Crippen molar-refractivity contribution in [1.82, 2.24) is 4.57 Å². The Labute approximate surface area is 143 Å². The van der Waals surface area contributed by atoms with Gasteiger partial charge in [0.15, 0.2) is 0 Å². The maximum absolute atomic E-state index is 2.39. The molecule has 0 aliphatic carbocycles. The van der Waals surface area contributed by atoms with Gasteiger partial charge in [-0.25, -0.2) is 0 Å². The van der Waals surface area contributed by atoms with Crippen LogP contribution < -0.4 is 0 Å². The minimum atomic E-state index is 0.189. The Bertz CT molecular complexity index is 967. The average molecular weight is 313 g/mol. The van der Waals surface area contributed by atoms with Crippen molar-refractivity contribution >= 4 is 21.8 Å². The zero-order chi connectivity index (χ0) is 16.7. The number of fused-ring (bicyclic) bond motifs is 3. The summed E-state index contributed by atoms with van der Waals surface area (Å²) in [5.74, 6) is 0. The van der Waals surface area contributed by atoms with Crippen molar-refractivity contribution in [3.05, 3.63) is 78.4 Å². The topological polar surface area (TPSA) is 4.93 Å². The van der Waals surface area contributed by atoms with Crippen LogP contribution in [-0.2, 0) is 5.41 Å². The lowest BCUT2D eigenvalue weighted by molar-refractivity contribution is 0.506. The van der Waals surface area contributed by atoms with E-state index in [-0.39, 0.29) is 5.41 Å². The summed E-state index contributed by atoms with van der Waals surface area (Å²) in [5, 5.41) is 2.63. The van der Waals surface area contributed by atoms with Crippen LogP contribution in [0.1, 0.15) is 32.8 Å². The van der Waals surface area contributed by atoms with E-state index < -0.39 is 0 Å². The lowest BCUT2D eigenvalue weighted by atomic mass is 9.82. The molecule has 0 amide bonds. The fourth-order valence-electron chi connectivity index (χ4n) is 3.47. The van der Waals surface area contributed by atoms with E-state index in [0.29, 0.717) is 0 Å². The second-order valence-electron chi connectivity index (χ2n) is 7.16. The fourth-order valence-corrected chi connectivity index (χ4v) is 3.47. The molecule has 0 aliphatic rings. The Balaban J connectivity index is 2.05. The van der Waals surface area contributed by atoms with Crippen LogP contribution in [0.5, 0.6) is 0 Å². The molecule has 0 radical (unpaired) electrons. The molecule has 0 saturated heterocycles. The molecule has 1 aromatic heterocycles. The lowest BCUT2D eigenvalue weighted by Crippen LogP contribution is -2.15. The molecule has 0 aliphatic heterocycles. The first kappa shape index (κ1) is 15.0. The number of benzene rings is 3. The number of para-hydroxylation sites is 2. The van der Waals surface area contributed by atoms with Crippen LogP contribution in [0.15, 0.2) is 72.8 Å². The fraction of sp³-hybridized carbons (Fsp3) is 0.217. The van der Waals surface area contributed by atoms with Gasteiger partial charge in [-0.15, -0.1) is 0 Å². The molecule has 24 heavy (non-hydrogen) atoms. The highest BCUT2D eigenvalue weighted by atomic mass is 15.0. The van der Waals surface area contributed by atoms with E-state index in [0.717, 1.165) is 6.42 Å². The second-order valence-corrected chi connectivity index (χ2v) is 7.16. The number of hydrogen-bond acceptors (Lipinski definition) is 0. The summed E-state index contributed by atoms with van der Waals surface area (Å²) in [6.45, 7) is 6.89. The minimum Gasteiger partial charge on any atom is -0.309 e. The highest BCUT2D eigenvalue weighted by molar-refractivity contribution is 6.09. The van der Waals surface area contributed by atoms with Gasteiger partial charge in [0, 0.05) is 16.5 Å². The van der Waals surface area contributed by atoms with Crippen LogP contribution in [0.25, 0.3) is 27.5 Å². The van der Waals surface area contributed by atoms with E-state index in [2.05, 4.69) is 98.1 Å². The van der Waals surface area contributed by atoms with Crippen molar-refractivity contribution in [2.75, 3.05) is 0 Å². The third kappa shape index (κ3) is 2.24. The van der Waals surface area contributed by atoms with Gasteiger partial charge >= 0.3 is 0 Å². The standard InChI is InChI=1S/C23H23N/c1-4-23(2,3)17-10-9-11-18(16-17)24-21-14-7-5-12-19(21)20-13-6-8-15-22(20)24/h5-16H,4H2,1-3H3. The number of rotatable bonds is 3. The molecule has 0 bridgehead atoms. The predicted octanol–water partition coefficient (Wildman–Crippen LogP) is 6.47. The molecule has 0 fully saturated rings. The summed E-state index contributed by atoms with van der Waals surface area (Å²) >= 11 is 0. The lowest BCUT2D eigenvalue weighted by Gasteiger charge is -2.24. The van der Waals surface area contributed by atoms with Crippen LogP contribution in [0.2, 0.25) is 0 Å². The summed E-state index contributed by atoms with van der Waals surface area (Å²) in [6, 6.07) is 26.4. The molecule has 4 rings (SSSR count). The molecule has 0 spiro atoms. The molecule has 4 aromatic rings. The largest absolute Gasteiger partial charge is 0.309 e. The molecule has 1 heteroatoms. The van der Waals surface area contributed by atoms with Crippen LogP contribution in [0, 0.1) is 0 Å². The van der Waals surface area contributed by atoms with Gasteiger partial charge in [0.25, 0.3) is 0 Å². The molecule has 0 saturated carbocycles. The molecule has 3 aromatic carbocycles. The highest BCUT2D eigenvalue weighted by Gasteiger charge is 2.19. The molecule has 0 N–H and O–H groups in total. The normalized spacial score (nSPS) is 12.1. The van der Waals surface area contributed by atoms with Gasteiger partial charge in [-0.05, 0) is 41.7 Å². The SMILES string of the molecule is CCC(C)(C)c1cccc(-n2c3ccccc3c3ccccc32)c1. The summed E-state index contributed by atoms with van der Waals surface area (Å²) in [4.78, 5) is 0. The summed E-state index contributed by atoms with van der Waals surface area (Å²) in [5.41, 5.74) is 5.36. The van der Waals surface area contributed by atoms with Crippen molar-refractivity contribution in [3.8, 4) is 5.69 Å². The molecule has 120 valence electrons. The van der Waals surface area contributed by atoms with Gasteiger partial charge in [-0.1, -0.05) is 69.3 Å². The Hall–Kier alpha value is -2.54. The Morgan fingerprint density at radius 2 is 1.33 bits per heavy atom. The van der Waals surface area contributed by atoms with Gasteiger partial charge in [-0.2, -0.15) is 0 Å². The summed E-state index contributed by atoms with van der Waals surface area (Å²) in [7, 11) is 0. The van der Waals surface area contributed by atoms with E-state index in [9.17, 15) is 0 Å². The molecule has 1 nitrogen and oxygen atoms in total. The highest BCUT2D eigenvalue weighted by Crippen LogP contribution is 2.34. The summed E-state index contributed by atoms with van der Waals surface area (Å²) in [6.07, 6.45) is 1.13. The minimum absolute atomic E-state index is 0.189. The zero-order valence-electron chi connectivity index (χ0n) is 14.6. The van der Waals surface area contributed by atoms with Gasteiger partial charge in [0.05, 0.1) is 11.0 Å². The van der Waals surface area contributed by atoms with Crippen molar-refractivity contribution in [1.29, 1.82) is 0 Å². The van der Waals surface area contributed by atoms with Crippen molar-refractivity contribution in [2.24, 2.45) is 0 Å². The van der Waals surface area contributed by atoms with Crippen molar-refractivity contribution in [3.63, 3.8) is 0 Å². The van der Waals surface area contributed by atoms with E-state index in [1.54, 1.807) is 0 Å². The first-order valence-electron chi connectivity index (χ1n) is 8.71. The first-order valence-corrected chi connectivity index (χ1v) is 8.71. The second kappa shape index (κ2) is 5.52. The van der Waals surface area contributed by atoms with E-state index in [1.807, 2.05) is 0 Å². The number of nitrogens with zero attached hydrogens (tertiary/aromatic N) is 1. The van der Waals surface area contributed by atoms with Gasteiger partial charge in [0.2, 0.25) is 0 Å². The van der Waals surface area contributed by atoms with Crippen molar-refractivity contribution < 1.29 is 0 Å². The quantitative estimate of drug-likeness (QED) is 0.408. The predicted molar refractivity (Wildman–Crippen MR) is 104 cm³/mol. The molecular formula is C23H23N. The molecule has 0 unspecified atom stereocenters. The maximum atomic E-state index is 2.39. The van der Waals surface area contributed by atoms with E-state index in [1.165, 1.54) is 33.1 Å². The third-order valence-electron chi connectivity index (χ3n) is 5.35. The molecular weight excluding hydrogens is 290 g/mol. The monoisotopic (exact) mass is 313 g/mol. The van der Waals surface area contributed by atoms with E-state index in [4.69, 9.17) is 0 Å². The van der Waals surface area contributed by atoms with E-state index >= 15 is 0 Å². The molecule has 0 atom stereocenters. The number of hydrogen-bond donors (Lipinski definition) is 0. The Morgan fingerprint density at radius 1 is 0.750 bits per heavy atom.